The van der Waals surface area contributed by atoms with Crippen LogP contribution in [0.2, 0.25) is 5.02 Å². The number of rotatable bonds is 4. The summed E-state index contributed by atoms with van der Waals surface area (Å²) in [6, 6.07) is 7.86. The van der Waals surface area contributed by atoms with E-state index >= 15 is 0 Å². The Kier molecular flexibility index (Phi) is 7.15. The number of carbonyl (C=O) groups is 2. The van der Waals surface area contributed by atoms with Crippen LogP contribution in [0.3, 0.4) is 0 Å². The van der Waals surface area contributed by atoms with Gasteiger partial charge in [0.15, 0.2) is 0 Å². The molecule has 0 spiro atoms. The predicted molar refractivity (Wildman–Crippen MR) is 123 cm³/mol. The third-order valence-corrected chi connectivity index (χ3v) is 7.75. The van der Waals surface area contributed by atoms with Gasteiger partial charge in [-0.2, -0.15) is 26.3 Å². The van der Waals surface area contributed by atoms with Crippen LogP contribution in [0.25, 0.3) is 0 Å². The van der Waals surface area contributed by atoms with Gasteiger partial charge in [0.05, 0.1) is 22.6 Å². The lowest BCUT2D eigenvalue weighted by molar-refractivity contribution is -0.143. The van der Waals surface area contributed by atoms with Crippen molar-refractivity contribution in [1.82, 2.24) is 4.31 Å². The molecule has 0 aromatic heterocycles. The number of alkyl halides is 6. The first-order valence-electron chi connectivity index (χ1n) is 10.7. The highest BCUT2D eigenvalue weighted by molar-refractivity contribution is 7.89. The van der Waals surface area contributed by atoms with Gasteiger partial charge in [-0.05, 0) is 59.7 Å². The van der Waals surface area contributed by atoms with Crippen LogP contribution >= 0.6 is 11.6 Å². The van der Waals surface area contributed by atoms with E-state index in [0.29, 0.717) is 4.31 Å². The molecule has 1 heterocycles. The molecule has 0 saturated heterocycles. The van der Waals surface area contributed by atoms with E-state index in [1.54, 1.807) is 0 Å². The standard InChI is InChI=1S/C24H14ClF7N2O4S/c25-15-3-6-19-18(10-15)20(22(36)34(39(19,37)38)11-12-1-4-16(26)5-2-12)21(35)33-17-8-13(23(27,28)29)7-14(9-17)24(30,31)32/h1-10,20H,11H2,(H,33,35). The number of halogens is 8. The Labute approximate surface area is 221 Å². The monoisotopic (exact) mass is 594 g/mol. The molecule has 1 aliphatic heterocycles. The number of amides is 2. The SMILES string of the molecule is O=C(Nc1cc(C(F)(F)F)cc(C(F)(F)F)c1)C1C(=O)N(Cc2ccc(F)cc2)S(=O)(=O)c2ccc(Cl)cc21. The van der Waals surface area contributed by atoms with Crippen LogP contribution in [0.5, 0.6) is 0 Å². The van der Waals surface area contributed by atoms with Crippen LogP contribution in [0.1, 0.15) is 28.2 Å². The lowest BCUT2D eigenvalue weighted by Crippen LogP contribution is -2.47. The fraction of sp³-hybridized carbons (Fsp3) is 0.167. The average molecular weight is 595 g/mol. The molecular formula is C24H14ClF7N2O4S. The molecule has 0 aliphatic carbocycles. The molecule has 0 fully saturated rings. The first-order valence-corrected chi connectivity index (χ1v) is 12.5. The zero-order valence-electron chi connectivity index (χ0n) is 19.1. The normalized spacial score (nSPS) is 17.1. The second-order valence-corrected chi connectivity index (χ2v) is 10.6. The average Bonchev–Trinajstić information content (AvgIpc) is 2.81. The van der Waals surface area contributed by atoms with E-state index in [9.17, 15) is 48.7 Å². The lowest BCUT2D eigenvalue weighted by Gasteiger charge is -2.33. The zero-order valence-corrected chi connectivity index (χ0v) is 20.6. The molecule has 206 valence electrons. The number of sulfonamides is 1. The second-order valence-electron chi connectivity index (χ2n) is 8.38. The van der Waals surface area contributed by atoms with Gasteiger partial charge < -0.3 is 5.32 Å². The number of hydrogen-bond acceptors (Lipinski definition) is 4. The smallest absolute Gasteiger partial charge is 0.325 e. The Morgan fingerprint density at radius 2 is 1.46 bits per heavy atom. The number of nitrogens with one attached hydrogen (secondary N) is 1. The summed E-state index contributed by atoms with van der Waals surface area (Å²) in [7, 11) is -4.59. The molecule has 2 amide bonds. The molecule has 0 bridgehead atoms. The fourth-order valence-corrected chi connectivity index (χ4v) is 5.70. The summed E-state index contributed by atoms with van der Waals surface area (Å²) in [4.78, 5) is 26.1. The number of carbonyl (C=O) groups excluding carboxylic acids is 2. The number of nitrogens with zero attached hydrogens (tertiary/aromatic N) is 1. The van der Waals surface area contributed by atoms with Crippen molar-refractivity contribution in [2.45, 2.75) is 29.7 Å². The molecule has 6 nitrogen and oxygen atoms in total. The molecule has 1 aliphatic rings. The molecular weight excluding hydrogens is 581 g/mol. The molecule has 0 radical (unpaired) electrons. The Morgan fingerprint density at radius 3 is 2.00 bits per heavy atom. The van der Waals surface area contributed by atoms with Gasteiger partial charge in [-0.15, -0.1) is 0 Å². The van der Waals surface area contributed by atoms with Gasteiger partial charge in [-0.1, -0.05) is 23.7 Å². The molecule has 0 saturated carbocycles. The fourth-order valence-electron chi connectivity index (χ4n) is 3.91. The Bertz CT molecular complexity index is 1540. The van der Waals surface area contributed by atoms with Crippen molar-refractivity contribution in [2.24, 2.45) is 0 Å². The van der Waals surface area contributed by atoms with Gasteiger partial charge in [0.1, 0.15) is 11.7 Å². The quantitative estimate of drug-likeness (QED) is 0.298. The van der Waals surface area contributed by atoms with E-state index in [0.717, 1.165) is 30.3 Å². The number of anilines is 1. The van der Waals surface area contributed by atoms with E-state index in [-0.39, 0.29) is 28.8 Å². The topological polar surface area (TPSA) is 83.6 Å². The molecule has 3 aromatic carbocycles. The van der Waals surface area contributed by atoms with E-state index in [1.807, 2.05) is 5.32 Å². The summed E-state index contributed by atoms with van der Waals surface area (Å²) < 4.78 is 120. The summed E-state index contributed by atoms with van der Waals surface area (Å²) in [5.74, 6) is -5.43. The van der Waals surface area contributed by atoms with Crippen LogP contribution in [0, 0.1) is 5.82 Å². The van der Waals surface area contributed by atoms with Crippen molar-refractivity contribution in [1.29, 1.82) is 0 Å². The van der Waals surface area contributed by atoms with Crippen molar-refractivity contribution in [2.75, 3.05) is 5.32 Å². The molecule has 1 N–H and O–H groups in total. The van der Waals surface area contributed by atoms with E-state index in [1.165, 1.54) is 12.1 Å². The van der Waals surface area contributed by atoms with Gasteiger partial charge in [0, 0.05) is 10.7 Å². The minimum atomic E-state index is -5.21. The third kappa shape index (κ3) is 5.71. The van der Waals surface area contributed by atoms with Crippen molar-refractivity contribution in [3.63, 3.8) is 0 Å². The van der Waals surface area contributed by atoms with Crippen molar-refractivity contribution in [3.8, 4) is 0 Å². The Morgan fingerprint density at radius 1 is 0.897 bits per heavy atom. The van der Waals surface area contributed by atoms with Crippen molar-refractivity contribution >= 4 is 39.1 Å². The number of fused-ring (bicyclic) bond motifs is 1. The lowest BCUT2D eigenvalue weighted by atomic mass is 9.96. The maximum absolute atomic E-state index is 13.4. The van der Waals surface area contributed by atoms with Crippen LogP contribution in [-0.4, -0.2) is 24.5 Å². The van der Waals surface area contributed by atoms with E-state index < -0.39 is 79.7 Å². The highest BCUT2D eigenvalue weighted by Gasteiger charge is 2.47. The first-order chi connectivity index (χ1) is 18.0. The number of hydrogen-bond donors (Lipinski definition) is 1. The molecule has 1 unspecified atom stereocenters. The number of benzene rings is 3. The largest absolute Gasteiger partial charge is 0.416 e. The molecule has 1 atom stereocenters. The van der Waals surface area contributed by atoms with Gasteiger partial charge in [0.2, 0.25) is 5.91 Å². The molecule has 15 heteroatoms. The maximum atomic E-state index is 13.4. The van der Waals surface area contributed by atoms with Crippen LogP contribution in [-0.2, 0) is 38.5 Å². The van der Waals surface area contributed by atoms with Gasteiger partial charge in [-0.3, -0.25) is 9.59 Å². The van der Waals surface area contributed by atoms with E-state index in [4.69, 9.17) is 11.6 Å². The van der Waals surface area contributed by atoms with Crippen LogP contribution in [0.15, 0.2) is 65.6 Å². The van der Waals surface area contributed by atoms with Crippen LogP contribution < -0.4 is 5.32 Å². The third-order valence-electron chi connectivity index (χ3n) is 5.70. The Balaban J connectivity index is 1.79. The molecule has 39 heavy (non-hydrogen) atoms. The van der Waals surface area contributed by atoms with Gasteiger partial charge in [0.25, 0.3) is 15.9 Å². The van der Waals surface area contributed by atoms with Crippen LogP contribution in [0.4, 0.5) is 36.4 Å². The first kappa shape index (κ1) is 28.4. The molecule has 3 aromatic rings. The highest BCUT2D eigenvalue weighted by atomic mass is 35.5. The van der Waals surface area contributed by atoms with Gasteiger partial charge in [-0.25, -0.2) is 17.1 Å². The van der Waals surface area contributed by atoms with E-state index in [2.05, 4.69) is 0 Å². The minimum Gasteiger partial charge on any atom is -0.325 e. The molecule has 4 rings (SSSR count). The second kappa shape index (κ2) is 9.83. The van der Waals surface area contributed by atoms with Crippen molar-refractivity contribution in [3.05, 3.63) is 93.8 Å². The summed E-state index contributed by atoms with van der Waals surface area (Å²) in [5, 5.41) is 1.78. The van der Waals surface area contributed by atoms with Gasteiger partial charge >= 0.3 is 12.4 Å². The summed E-state index contributed by atoms with van der Waals surface area (Å²) in [6.45, 7) is -0.644. The maximum Gasteiger partial charge on any atom is 0.416 e. The zero-order chi connectivity index (χ0) is 28.9. The predicted octanol–water partition coefficient (Wildman–Crippen LogP) is 5.97. The summed E-state index contributed by atoms with van der Waals surface area (Å²) in [6.07, 6.45) is -10.4. The minimum absolute atomic E-state index is 0.0973. The summed E-state index contributed by atoms with van der Waals surface area (Å²) in [5.41, 5.74) is -4.64. The Hall–Kier alpha value is -3.65. The van der Waals surface area contributed by atoms with Crippen molar-refractivity contribution < 1.29 is 48.7 Å². The summed E-state index contributed by atoms with van der Waals surface area (Å²) >= 11 is 5.93. The highest BCUT2D eigenvalue weighted by Crippen LogP contribution is 2.40.